The highest BCUT2D eigenvalue weighted by atomic mass is 16.4. The van der Waals surface area contributed by atoms with E-state index < -0.39 is 5.97 Å². The number of aryl methyl sites for hydroxylation is 1. The van der Waals surface area contributed by atoms with Crippen molar-refractivity contribution >= 4 is 23.3 Å². The summed E-state index contributed by atoms with van der Waals surface area (Å²) >= 11 is 0. The Hall–Kier alpha value is -2.96. The minimum absolute atomic E-state index is 0.0363. The third kappa shape index (κ3) is 4.02. The molecule has 1 aromatic carbocycles. The average molecular weight is 301 g/mol. The average Bonchev–Trinajstić information content (AvgIpc) is 2.95. The number of hydrogen-bond donors (Lipinski definition) is 2. The van der Waals surface area contributed by atoms with Crippen LogP contribution in [-0.2, 0) is 11.3 Å². The highest BCUT2D eigenvalue weighted by Crippen LogP contribution is 2.10. The van der Waals surface area contributed by atoms with Gasteiger partial charge < -0.3 is 10.4 Å². The Balaban J connectivity index is 1.87. The Bertz CT molecular complexity index is 704. The van der Waals surface area contributed by atoms with Crippen molar-refractivity contribution in [2.75, 3.05) is 5.32 Å². The number of Topliss-reactive ketones (excluding diaryl/α,β-unsaturated/α-hetero) is 1. The van der Waals surface area contributed by atoms with Gasteiger partial charge in [-0.3, -0.25) is 14.3 Å². The van der Waals surface area contributed by atoms with Crippen molar-refractivity contribution < 1.29 is 19.5 Å². The van der Waals surface area contributed by atoms with Crippen LogP contribution < -0.4 is 5.32 Å². The van der Waals surface area contributed by atoms with E-state index in [9.17, 15) is 14.4 Å². The molecule has 0 aliphatic heterocycles. The van der Waals surface area contributed by atoms with Gasteiger partial charge in [0.2, 0.25) is 5.91 Å². The largest absolute Gasteiger partial charge is 0.476 e. The van der Waals surface area contributed by atoms with E-state index in [-0.39, 0.29) is 30.3 Å². The number of nitrogens with zero attached hydrogens (tertiary/aromatic N) is 2. The Morgan fingerprint density at radius 3 is 2.41 bits per heavy atom. The molecule has 0 spiro atoms. The number of anilines is 1. The van der Waals surface area contributed by atoms with Crippen LogP contribution in [0.1, 0.15) is 34.2 Å². The maximum atomic E-state index is 11.8. The van der Waals surface area contributed by atoms with Gasteiger partial charge in [0.15, 0.2) is 11.5 Å². The first kappa shape index (κ1) is 15.4. The molecule has 2 rings (SSSR count). The first-order valence-electron chi connectivity index (χ1n) is 6.63. The van der Waals surface area contributed by atoms with E-state index in [1.165, 1.54) is 23.9 Å². The number of carboxylic acid groups (broad SMARTS) is 1. The van der Waals surface area contributed by atoms with Crippen LogP contribution in [0.25, 0.3) is 0 Å². The topological polar surface area (TPSA) is 101 Å². The zero-order valence-electron chi connectivity index (χ0n) is 11.9. The van der Waals surface area contributed by atoms with Gasteiger partial charge in [-0.1, -0.05) is 0 Å². The summed E-state index contributed by atoms with van der Waals surface area (Å²) < 4.78 is 1.40. The normalized spacial score (nSPS) is 10.2. The predicted molar refractivity (Wildman–Crippen MR) is 78.9 cm³/mol. The highest BCUT2D eigenvalue weighted by Gasteiger charge is 2.08. The minimum Gasteiger partial charge on any atom is -0.476 e. The first-order chi connectivity index (χ1) is 10.5. The lowest BCUT2D eigenvalue weighted by atomic mass is 10.1. The van der Waals surface area contributed by atoms with Gasteiger partial charge in [-0.15, -0.1) is 0 Å². The molecule has 0 unspecified atom stereocenters. The van der Waals surface area contributed by atoms with Gasteiger partial charge in [0.05, 0.1) is 0 Å². The van der Waals surface area contributed by atoms with Gasteiger partial charge in [0, 0.05) is 30.4 Å². The molecule has 0 saturated heterocycles. The Kier molecular flexibility index (Phi) is 4.67. The van der Waals surface area contributed by atoms with Crippen LogP contribution in [0.5, 0.6) is 0 Å². The molecule has 0 fully saturated rings. The number of carbonyl (C=O) groups excluding carboxylic acids is 2. The summed E-state index contributed by atoms with van der Waals surface area (Å²) in [5, 5.41) is 15.3. The lowest BCUT2D eigenvalue weighted by Gasteiger charge is -2.06. The molecular formula is C15H15N3O4. The summed E-state index contributed by atoms with van der Waals surface area (Å²) in [6, 6.07) is 7.98. The first-order valence-corrected chi connectivity index (χ1v) is 6.63. The van der Waals surface area contributed by atoms with E-state index in [0.717, 1.165) is 0 Å². The molecule has 0 bridgehead atoms. The van der Waals surface area contributed by atoms with Crippen LogP contribution in [-0.4, -0.2) is 32.5 Å². The third-order valence-electron chi connectivity index (χ3n) is 3.00. The van der Waals surface area contributed by atoms with Crippen LogP contribution in [0, 0.1) is 0 Å². The van der Waals surface area contributed by atoms with E-state index in [0.29, 0.717) is 11.3 Å². The fraction of sp³-hybridized carbons (Fsp3) is 0.200. The quantitative estimate of drug-likeness (QED) is 0.792. The monoisotopic (exact) mass is 301 g/mol. The number of ketones is 1. The lowest BCUT2D eigenvalue weighted by Crippen LogP contribution is -2.15. The standard InChI is InChI=1S/C15H15N3O4/c1-10(19)11-2-4-12(5-3-11)16-14(20)7-9-18-8-6-13(17-18)15(21)22/h2-6,8H,7,9H2,1H3,(H,16,20)(H,21,22). The van der Waals surface area contributed by atoms with Crippen LogP contribution in [0.4, 0.5) is 5.69 Å². The summed E-state index contributed by atoms with van der Waals surface area (Å²) in [4.78, 5) is 33.6. The van der Waals surface area contributed by atoms with Crippen molar-refractivity contribution in [3.05, 3.63) is 47.8 Å². The second-order valence-corrected chi connectivity index (χ2v) is 4.70. The fourth-order valence-electron chi connectivity index (χ4n) is 1.83. The van der Waals surface area contributed by atoms with Crippen molar-refractivity contribution in [2.24, 2.45) is 0 Å². The van der Waals surface area contributed by atoms with E-state index >= 15 is 0 Å². The van der Waals surface area contributed by atoms with E-state index in [4.69, 9.17) is 5.11 Å². The molecule has 2 N–H and O–H groups in total. The number of rotatable bonds is 6. The molecule has 0 atom stereocenters. The van der Waals surface area contributed by atoms with Gasteiger partial charge in [0.1, 0.15) is 0 Å². The number of nitrogens with one attached hydrogen (secondary N) is 1. The predicted octanol–water partition coefficient (Wildman–Crippen LogP) is 1.81. The molecule has 1 aromatic heterocycles. The van der Waals surface area contributed by atoms with Gasteiger partial charge in [-0.25, -0.2) is 4.79 Å². The van der Waals surface area contributed by atoms with E-state index in [1.807, 2.05) is 0 Å². The van der Waals surface area contributed by atoms with Gasteiger partial charge in [-0.2, -0.15) is 5.10 Å². The second kappa shape index (κ2) is 6.66. The van der Waals surface area contributed by atoms with Crippen LogP contribution in [0.3, 0.4) is 0 Å². The zero-order valence-corrected chi connectivity index (χ0v) is 11.9. The van der Waals surface area contributed by atoms with Crippen LogP contribution >= 0.6 is 0 Å². The van der Waals surface area contributed by atoms with Crippen LogP contribution in [0.15, 0.2) is 36.5 Å². The molecule has 0 aliphatic carbocycles. The molecule has 0 saturated carbocycles. The number of hydrogen-bond acceptors (Lipinski definition) is 4. The third-order valence-corrected chi connectivity index (χ3v) is 3.00. The second-order valence-electron chi connectivity index (χ2n) is 4.70. The molecule has 22 heavy (non-hydrogen) atoms. The highest BCUT2D eigenvalue weighted by molar-refractivity contribution is 5.95. The number of amides is 1. The number of benzene rings is 1. The zero-order chi connectivity index (χ0) is 16.1. The van der Waals surface area contributed by atoms with Crippen molar-refractivity contribution in [3.63, 3.8) is 0 Å². The molecule has 7 heteroatoms. The lowest BCUT2D eigenvalue weighted by molar-refractivity contribution is -0.116. The molecule has 0 radical (unpaired) electrons. The SMILES string of the molecule is CC(=O)c1ccc(NC(=O)CCn2ccc(C(=O)O)n2)cc1. The van der Waals surface area contributed by atoms with Crippen molar-refractivity contribution in [3.8, 4) is 0 Å². The molecule has 7 nitrogen and oxygen atoms in total. The summed E-state index contributed by atoms with van der Waals surface area (Å²) in [7, 11) is 0. The summed E-state index contributed by atoms with van der Waals surface area (Å²) in [6.07, 6.45) is 1.67. The summed E-state index contributed by atoms with van der Waals surface area (Å²) in [5.41, 5.74) is 1.12. The van der Waals surface area contributed by atoms with Crippen molar-refractivity contribution in [2.45, 2.75) is 19.9 Å². The molecule has 2 aromatic rings. The molecule has 1 amide bonds. The molecule has 1 heterocycles. The van der Waals surface area contributed by atoms with Crippen molar-refractivity contribution in [1.29, 1.82) is 0 Å². The Labute approximate surface area is 126 Å². The maximum absolute atomic E-state index is 11.8. The number of aromatic carboxylic acids is 1. The summed E-state index contributed by atoms with van der Waals surface area (Å²) in [5.74, 6) is -1.36. The molecule has 0 aliphatic rings. The fourth-order valence-corrected chi connectivity index (χ4v) is 1.83. The van der Waals surface area contributed by atoms with Crippen molar-refractivity contribution in [1.82, 2.24) is 9.78 Å². The number of carboxylic acids is 1. The smallest absolute Gasteiger partial charge is 0.356 e. The minimum atomic E-state index is -1.10. The van der Waals surface area contributed by atoms with E-state index in [1.54, 1.807) is 24.3 Å². The van der Waals surface area contributed by atoms with E-state index in [2.05, 4.69) is 10.4 Å². The molecular weight excluding hydrogens is 286 g/mol. The van der Waals surface area contributed by atoms with Gasteiger partial charge in [0.25, 0.3) is 0 Å². The van der Waals surface area contributed by atoms with Crippen LogP contribution in [0.2, 0.25) is 0 Å². The Morgan fingerprint density at radius 2 is 1.86 bits per heavy atom. The maximum Gasteiger partial charge on any atom is 0.356 e. The van der Waals surface area contributed by atoms with Gasteiger partial charge in [-0.05, 0) is 37.3 Å². The number of carbonyl (C=O) groups is 3. The molecule has 114 valence electrons. The number of aromatic nitrogens is 2. The Morgan fingerprint density at radius 1 is 1.18 bits per heavy atom. The van der Waals surface area contributed by atoms with Gasteiger partial charge >= 0.3 is 5.97 Å². The summed E-state index contributed by atoms with van der Waals surface area (Å²) in [6.45, 7) is 1.76.